The van der Waals surface area contributed by atoms with Gasteiger partial charge in [-0.15, -0.1) is 0 Å². The van der Waals surface area contributed by atoms with Gasteiger partial charge in [0.2, 0.25) is 0 Å². The molecular formula is C15H22ClNO2. The number of hydrogen-bond acceptors (Lipinski definition) is 3. The fourth-order valence-corrected chi connectivity index (χ4v) is 2.75. The van der Waals surface area contributed by atoms with Crippen LogP contribution in [0.1, 0.15) is 33.1 Å². The zero-order valence-corrected chi connectivity index (χ0v) is 12.6. The number of methoxy groups -OCH3 is 1. The van der Waals surface area contributed by atoms with Crippen molar-refractivity contribution in [3.05, 3.63) is 23.2 Å². The van der Waals surface area contributed by atoms with Crippen molar-refractivity contribution < 1.29 is 9.47 Å². The van der Waals surface area contributed by atoms with E-state index >= 15 is 0 Å². The fourth-order valence-electron chi connectivity index (χ4n) is 2.49. The van der Waals surface area contributed by atoms with Crippen LogP contribution in [0.3, 0.4) is 0 Å². The minimum absolute atomic E-state index is 0.00776. The quantitative estimate of drug-likeness (QED) is 0.902. The average Bonchev–Trinajstić information content (AvgIpc) is 2.39. The molecule has 0 spiro atoms. The van der Waals surface area contributed by atoms with Crippen LogP contribution in [0.4, 0.5) is 5.69 Å². The lowest BCUT2D eigenvalue weighted by Crippen LogP contribution is -2.41. The maximum atomic E-state index is 6.14. The van der Waals surface area contributed by atoms with E-state index in [9.17, 15) is 0 Å². The minimum Gasteiger partial charge on any atom is -0.495 e. The average molecular weight is 284 g/mol. The highest BCUT2D eigenvalue weighted by Gasteiger charge is 2.31. The molecule has 0 radical (unpaired) electrons. The molecule has 0 bridgehead atoms. The van der Waals surface area contributed by atoms with Crippen molar-refractivity contribution in [3.8, 4) is 5.75 Å². The molecule has 4 heteroatoms. The van der Waals surface area contributed by atoms with Crippen LogP contribution in [0.15, 0.2) is 18.2 Å². The Labute approximate surface area is 120 Å². The van der Waals surface area contributed by atoms with E-state index < -0.39 is 0 Å². The molecule has 1 saturated heterocycles. The second-order valence-corrected chi connectivity index (χ2v) is 5.74. The second kappa shape index (κ2) is 6.02. The normalized spacial score (nSPS) is 27.1. The largest absolute Gasteiger partial charge is 0.495 e. The highest BCUT2D eigenvalue weighted by Crippen LogP contribution is 2.31. The molecule has 2 atom stereocenters. The molecule has 0 aromatic heterocycles. The zero-order valence-electron chi connectivity index (χ0n) is 11.8. The molecule has 1 aromatic rings. The number of rotatable bonds is 4. The summed E-state index contributed by atoms with van der Waals surface area (Å²) in [7, 11) is 1.62. The first kappa shape index (κ1) is 14.5. The Hall–Kier alpha value is -0.930. The van der Waals surface area contributed by atoms with E-state index in [-0.39, 0.29) is 5.60 Å². The van der Waals surface area contributed by atoms with Gasteiger partial charge in [0, 0.05) is 18.3 Å². The molecule has 0 saturated carbocycles. The minimum atomic E-state index is -0.00776. The molecule has 1 heterocycles. The summed E-state index contributed by atoms with van der Waals surface area (Å²) in [5.74, 6) is 0.706. The Balaban J connectivity index is 2.03. The Kier molecular flexibility index (Phi) is 4.58. The molecule has 3 nitrogen and oxygen atoms in total. The summed E-state index contributed by atoms with van der Waals surface area (Å²) in [5, 5.41) is 4.18. The van der Waals surface area contributed by atoms with Gasteiger partial charge in [0.1, 0.15) is 5.75 Å². The van der Waals surface area contributed by atoms with Crippen molar-refractivity contribution in [2.45, 2.75) is 44.8 Å². The van der Waals surface area contributed by atoms with Crippen LogP contribution < -0.4 is 10.1 Å². The molecule has 19 heavy (non-hydrogen) atoms. The summed E-state index contributed by atoms with van der Waals surface area (Å²) in [5.41, 5.74) is 1.03. The first-order valence-corrected chi connectivity index (χ1v) is 7.18. The molecule has 1 N–H and O–H groups in total. The van der Waals surface area contributed by atoms with E-state index in [1.807, 2.05) is 18.2 Å². The van der Waals surface area contributed by atoms with Crippen LogP contribution in [0.2, 0.25) is 5.02 Å². The van der Waals surface area contributed by atoms with Crippen molar-refractivity contribution in [1.82, 2.24) is 0 Å². The van der Waals surface area contributed by atoms with Crippen molar-refractivity contribution in [2.24, 2.45) is 0 Å². The number of halogens is 1. The fraction of sp³-hybridized carbons (Fsp3) is 0.600. The van der Waals surface area contributed by atoms with Crippen LogP contribution in [0.5, 0.6) is 5.75 Å². The van der Waals surface area contributed by atoms with Crippen LogP contribution in [-0.4, -0.2) is 25.4 Å². The van der Waals surface area contributed by atoms with E-state index in [2.05, 4.69) is 19.2 Å². The molecule has 1 fully saturated rings. The Bertz CT molecular complexity index is 438. The van der Waals surface area contributed by atoms with Crippen molar-refractivity contribution in [1.29, 1.82) is 0 Å². The molecule has 1 aliphatic rings. The summed E-state index contributed by atoms with van der Waals surface area (Å²) in [6.45, 7) is 5.17. The lowest BCUT2D eigenvalue weighted by Gasteiger charge is -2.38. The number of nitrogens with one attached hydrogen (secondary N) is 1. The summed E-state index contributed by atoms with van der Waals surface area (Å²) in [4.78, 5) is 0. The van der Waals surface area contributed by atoms with Gasteiger partial charge in [-0.25, -0.2) is 0 Å². The summed E-state index contributed by atoms with van der Waals surface area (Å²) in [6.07, 6.45) is 3.08. The maximum Gasteiger partial charge on any atom is 0.137 e. The Morgan fingerprint density at radius 2 is 2.32 bits per heavy atom. The standard InChI is InChI=1S/C15H22ClNO2/c1-4-15(2)10-12(7-8-19-15)17-11-5-6-14(18-3)13(16)9-11/h5-6,9,12,17H,4,7-8,10H2,1-3H3. The van der Waals surface area contributed by atoms with E-state index in [0.29, 0.717) is 16.8 Å². The molecule has 2 rings (SSSR count). The highest BCUT2D eigenvalue weighted by atomic mass is 35.5. The first-order valence-electron chi connectivity index (χ1n) is 6.80. The molecule has 106 valence electrons. The van der Waals surface area contributed by atoms with Crippen LogP contribution >= 0.6 is 11.6 Å². The van der Waals surface area contributed by atoms with Gasteiger partial charge in [-0.1, -0.05) is 18.5 Å². The molecule has 1 aliphatic heterocycles. The van der Waals surface area contributed by atoms with E-state index in [4.69, 9.17) is 21.1 Å². The van der Waals surface area contributed by atoms with Gasteiger partial charge in [-0.3, -0.25) is 0 Å². The number of anilines is 1. The van der Waals surface area contributed by atoms with Crippen LogP contribution in [0.25, 0.3) is 0 Å². The van der Waals surface area contributed by atoms with Gasteiger partial charge in [-0.05, 0) is 44.4 Å². The van der Waals surface area contributed by atoms with E-state index in [1.165, 1.54) is 0 Å². The van der Waals surface area contributed by atoms with Gasteiger partial charge < -0.3 is 14.8 Å². The van der Waals surface area contributed by atoms with Gasteiger partial charge >= 0.3 is 0 Å². The Morgan fingerprint density at radius 1 is 1.53 bits per heavy atom. The maximum absolute atomic E-state index is 6.14. The first-order chi connectivity index (χ1) is 9.06. The SMILES string of the molecule is CCC1(C)CC(Nc2ccc(OC)c(Cl)c2)CCO1. The molecule has 0 aliphatic carbocycles. The van der Waals surface area contributed by atoms with Crippen molar-refractivity contribution in [3.63, 3.8) is 0 Å². The number of ether oxygens (including phenoxy) is 2. The lowest BCUT2D eigenvalue weighted by atomic mass is 9.90. The topological polar surface area (TPSA) is 30.5 Å². The number of hydrogen-bond donors (Lipinski definition) is 1. The molecule has 2 unspecified atom stereocenters. The van der Waals surface area contributed by atoms with E-state index in [1.54, 1.807) is 7.11 Å². The lowest BCUT2D eigenvalue weighted by molar-refractivity contribution is -0.0708. The predicted molar refractivity (Wildman–Crippen MR) is 79.3 cm³/mol. The van der Waals surface area contributed by atoms with Crippen molar-refractivity contribution in [2.75, 3.05) is 19.0 Å². The van der Waals surface area contributed by atoms with Crippen LogP contribution in [-0.2, 0) is 4.74 Å². The highest BCUT2D eigenvalue weighted by molar-refractivity contribution is 6.32. The predicted octanol–water partition coefficient (Wildman–Crippen LogP) is 4.11. The monoisotopic (exact) mass is 283 g/mol. The summed E-state index contributed by atoms with van der Waals surface area (Å²) >= 11 is 6.14. The molecular weight excluding hydrogens is 262 g/mol. The van der Waals surface area contributed by atoms with Gasteiger partial charge in [-0.2, -0.15) is 0 Å². The third-order valence-electron chi connectivity index (χ3n) is 3.87. The second-order valence-electron chi connectivity index (χ2n) is 5.34. The van der Waals surface area contributed by atoms with Gasteiger partial charge in [0.05, 0.1) is 17.7 Å². The van der Waals surface area contributed by atoms with Gasteiger partial charge in [0.25, 0.3) is 0 Å². The molecule has 0 amide bonds. The Morgan fingerprint density at radius 3 is 2.95 bits per heavy atom. The van der Waals surface area contributed by atoms with Crippen LogP contribution in [0, 0.1) is 0 Å². The number of benzene rings is 1. The summed E-state index contributed by atoms with van der Waals surface area (Å²) < 4.78 is 11.0. The zero-order chi connectivity index (χ0) is 13.9. The van der Waals surface area contributed by atoms with E-state index in [0.717, 1.165) is 31.6 Å². The third-order valence-corrected chi connectivity index (χ3v) is 4.16. The molecule has 1 aromatic carbocycles. The van der Waals surface area contributed by atoms with Crippen molar-refractivity contribution >= 4 is 17.3 Å². The smallest absolute Gasteiger partial charge is 0.137 e. The third kappa shape index (κ3) is 3.54. The van der Waals surface area contributed by atoms with Gasteiger partial charge in [0.15, 0.2) is 0 Å². The summed E-state index contributed by atoms with van der Waals surface area (Å²) in [6, 6.07) is 6.24.